The van der Waals surface area contributed by atoms with E-state index < -0.39 is 0 Å². The van der Waals surface area contributed by atoms with E-state index in [1.165, 1.54) is 6.92 Å². The van der Waals surface area contributed by atoms with Crippen molar-refractivity contribution >= 4 is 11.9 Å². The van der Waals surface area contributed by atoms with Gasteiger partial charge in [0.15, 0.2) is 0 Å². The summed E-state index contributed by atoms with van der Waals surface area (Å²) in [5, 5.41) is 2.71. The van der Waals surface area contributed by atoms with Gasteiger partial charge in [0.1, 0.15) is 6.61 Å². The Bertz CT molecular complexity index is 662. The van der Waals surface area contributed by atoms with E-state index >= 15 is 0 Å². The summed E-state index contributed by atoms with van der Waals surface area (Å²) in [5.74, 6) is -0.436. The van der Waals surface area contributed by atoms with Crippen molar-refractivity contribution in [3.8, 4) is 0 Å². The van der Waals surface area contributed by atoms with Crippen LogP contribution in [0, 0.1) is 6.92 Å². The summed E-state index contributed by atoms with van der Waals surface area (Å²) in [4.78, 5) is 22.8. The highest BCUT2D eigenvalue weighted by Crippen LogP contribution is 2.09. The number of amides is 1. The molecule has 0 saturated heterocycles. The second-order valence-corrected chi connectivity index (χ2v) is 5.17. The molecule has 0 atom stereocenters. The van der Waals surface area contributed by atoms with Crippen LogP contribution >= 0.6 is 0 Å². The Labute approximate surface area is 130 Å². The highest BCUT2D eigenvalue weighted by Gasteiger charge is 2.07. The van der Waals surface area contributed by atoms with E-state index in [4.69, 9.17) is 4.74 Å². The number of benzene rings is 2. The number of carbonyl (C=O) groups excluding carboxylic acids is 2. The van der Waals surface area contributed by atoms with Gasteiger partial charge in [0.2, 0.25) is 5.91 Å². The first-order valence-corrected chi connectivity index (χ1v) is 7.10. The van der Waals surface area contributed by atoms with Crippen LogP contribution in [0.4, 0.5) is 0 Å². The van der Waals surface area contributed by atoms with Crippen molar-refractivity contribution in [3.63, 3.8) is 0 Å². The minimum absolute atomic E-state index is 0.0818. The first-order chi connectivity index (χ1) is 10.5. The molecule has 0 aromatic heterocycles. The molecule has 4 heteroatoms. The highest BCUT2D eigenvalue weighted by atomic mass is 16.5. The average Bonchev–Trinajstić information content (AvgIpc) is 2.51. The lowest BCUT2D eigenvalue weighted by atomic mass is 10.1. The van der Waals surface area contributed by atoms with Crippen molar-refractivity contribution in [2.75, 3.05) is 0 Å². The Morgan fingerprint density at radius 3 is 2.41 bits per heavy atom. The summed E-state index contributed by atoms with van der Waals surface area (Å²) in [6.45, 7) is 4.18. The molecule has 22 heavy (non-hydrogen) atoms. The zero-order chi connectivity index (χ0) is 15.9. The molecule has 0 fully saturated rings. The Hall–Kier alpha value is -2.62. The van der Waals surface area contributed by atoms with Crippen LogP contribution in [0.3, 0.4) is 0 Å². The second kappa shape index (κ2) is 7.41. The van der Waals surface area contributed by atoms with Crippen LogP contribution < -0.4 is 5.32 Å². The minimum atomic E-state index is -0.354. The predicted octanol–water partition coefficient (Wildman–Crippen LogP) is 2.99. The Morgan fingerprint density at radius 2 is 1.77 bits per heavy atom. The molecule has 1 N–H and O–H groups in total. The molecule has 0 aliphatic carbocycles. The van der Waals surface area contributed by atoms with Crippen LogP contribution in [-0.2, 0) is 22.7 Å². The summed E-state index contributed by atoms with van der Waals surface area (Å²) < 4.78 is 5.30. The third-order valence-corrected chi connectivity index (χ3v) is 3.18. The molecule has 0 unspecified atom stereocenters. The number of rotatable bonds is 5. The maximum atomic E-state index is 12.0. The summed E-state index contributed by atoms with van der Waals surface area (Å²) in [7, 11) is 0. The molecule has 0 spiro atoms. The number of hydrogen-bond acceptors (Lipinski definition) is 3. The van der Waals surface area contributed by atoms with E-state index in [1.54, 1.807) is 24.3 Å². The number of esters is 1. The van der Waals surface area contributed by atoms with Crippen LogP contribution in [0.25, 0.3) is 0 Å². The minimum Gasteiger partial charge on any atom is -0.457 e. The van der Waals surface area contributed by atoms with E-state index in [0.717, 1.165) is 16.7 Å². The second-order valence-electron chi connectivity index (χ2n) is 5.17. The van der Waals surface area contributed by atoms with Gasteiger partial charge in [0, 0.05) is 13.5 Å². The number of carbonyl (C=O) groups is 2. The van der Waals surface area contributed by atoms with Crippen molar-refractivity contribution in [2.24, 2.45) is 0 Å². The van der Waals surface area contributed by atoms with Gasteiger partial charge in [0.05, 0.1) is 5.56 Å². The molecule has 0 radical (unpaired) electrons. The molecule has 1 amide bonds. The molecule has 2 aromatic carbocycles. The topological polar surface area (TPSA) is 55.4 Å². The fourth-order valence-corrected chi connectivity index (χ4v) is 2.02. The standard InChI is InChI=1S/C18H19NO3/c1-13-4-3-5-16(10-13)12-22-18(21)17-8-6-15(7-9-17)11-19-14(2)20/h3-10H,11-12H2,1-2H3,(H,19,20). The van der Waals surface area contributed by atoms with Gasteiger partial charge in [-0.05, 0) is 30.2 Å². The number of hydrogen-bond donors (Lipinski definition) is 1. The van der Waals surface area contributed by atoms with Gasteiger partial charge in [-0.25, -0.2) is 4.79 Å². The third kappa shape index (κ3) is 4.74. The molecule has 114 valence electrons. The van der Waals surface area contributed by atoms with Crippen molar-refractivity contribution in [1.82, 2.24) is 5.32 Å². The van der Waals surface area contributed by atoms with Gasteiger partial charge in [-0.15, -0.1) is 0 Å². The molecular weight excluding hydrogens is 278 g/mol. The molecule has 0 aliphatic heterocycles. The van der Waals surface area contributed by atoms with Crippen LogP contribution in [0.5, 0.6) is 0 Å². The van der Waals surface area contributed by atoms with Crippen LogP contribution in [-0.4, -0.2) is 11.9 Å². The van der Waals surface area contributed by atoms with Gasteiger partial charge < -0.3 is 10.1 Å². The first-order valence-electron chi connectivity index (χ1n) is 7.10. The maximum Gasteiger partial charge on any atom is 0.338 e. The van der Waals surface area contributed by atoms with Crippen LogP contribution in [0.1, 0.15) is 34.0 Å². The molecular formula is C18H19NO3. The van der Waals surface area contributed by atoms with Crippen LogP contribution in [0.2, 0.25) is 0 Å². The zero-order valence-corrected chi connectivity index (χ0v) is 12.8. The number of ether oxygens (including phenoxy) is 1. The molecule has 0 heterocycles. The van der Waals surface area contributed by atoms with Gasteiger partial charge >= 0.3 is 5.97 Å². The number of nitrogens with one attached hydrogen (secondary N) is 1. The van der Waals surface area contributed by atoms with E-state index in [-0.39, 0.29) is 18.5 Å². The third-order valence-electron chi connectivity index (χ3n) is 3.18. The molecule has 2 aromatic rings. The van der Waals surface area contributed by atoms with Crippen molar-refractivity contribution < 1.29 is 14.3 Å². The maximum absolute atomic E-state index is 12.0. The van der Waals surface area contributed by atoms with Gasteiger partial charge in [-0.2, -0.15) is 0 Å². The quantitative estimate of drug-likeness (QED) is 0.863. The fourth-order valence-electron chi connectivity index (χ4n) is 2.02. The molecule has 0 bridgehead atoms. The zero-order valence-electron chi connectivity index (χ0n) is 12.8. The van der Waals surface area contributed by atoms with Gasteiger partial charge in [-0.1, -0.05) is 42.0 Å². The Kier molecular flexibility index (Phi) is 5.31. The largest absolute Gasteiger partial charge is 0.457 e. The normalized spacial score (nSPS) is 10.1. The molecule has 2 rings (SSSR count). The van der Waals surface area contributed by atoms with Crippen LogP contribution in [0.15, 0.2) is 48.5 Å². The van der Waals surface area contributed by atoms with E-state index in [1.807, 2.05) is 31.2 Å². The smallest absolute Gasteiger partial charge is 0.338 e. The number of aryl methyl sites for hydroxylation is 1. The monoisotopic (exact) mass is 297 g/mol. The fraction of sp³-hybridized carbons (Fsp3) is 0.222. The van der Waals surface area contributed by atoms with Gasteiger partial charge in [0.25, 0.3) is 0 Å². The Morgan fingerprint density at radius 1 is 1.05 bits per heavy atom. The van der Waals surface area contributed by atoms with Gasteiger partial charge in [-0.3, -0.25) is 4.79 Å². The summed E-state index contributed by atoms with van der Waals surface area (Å²) in [5.41, 5.74) is 3.54. The molecule has 0 aliphatic rings. The predicted molar refractivity (Wildman–Crippen MR) is 84.3 cm³/mol. The van der Waals surface area contributed by atoms with E-state index in [9.17, 15) is 9.59 Å². The SMILES string of the molecule is CC(=O)NCc1ccc(C(=O)OCc2cccc(C)c2)cc1. The van der Waals surface area contributed by atoms with E-state index in [2.05, 4.69) is 5.32 Å². The molecule has 4 nitrogen and oxygen atoms in total. The molecule has 0 saturated carbocycles. The lowest BCUT2D eigenvalue weighted by Gasteiger charge is -2.07. The lowest BCUT2D eigenvalue weighted by molar-refractivity contribution is -0.119. The Balaban J connectivity index is 1.91. The highest BCUT2D eigenvalue weighted by molar-refractivity contribution is 5.89. The van der Waals surface area contributed by atoms with Crippen molar-refractivity contribution in [3.05, 3.63) is 70.8 Å². The summed E-state index contributed by atoms with van der Waals surface area (Å²) in [6.07, 6.45) is 0. The van der Waals surface area contributed by atoms with E-state index in [0.29, 0.717) is 12.1 Å². The summed E-state index contributed by atoms with van der Waals surface area (Å²) >= 11 is 0. The average molecular weight is 297 g/mol. The summed E-state index contributed by atoms with van der Waals surface area (Å²) in [6, 6.07) is 14.9. The first kappa shape index (κ1) is 15.8. The lowest BCUT2D eigenvalue weighted by Crippen LogP contribution is -2.18. The van der Waals surface area contributed by atoms with Crippen molar-refractivity contribution in [2.45, 2.75) is 27.0 Å². The van der Waals surface area contributed by atoms with Crippen molar-refractivity contribution in [1.29, 1.82) is 0 Å².